The fourth-order valence-electron chi connectivity index (χ4n) is 2.89. The molecule has 8 nitrogen and oxygen atoms in total. The second-order valence-corrected chi connectivity index (χ2v) is 6.29. The van der Waals surface area contributed by atoms with E-state index in [-0.39, 0.29) is 16.9 Å². The summed E-state index contributed by atoms with van der Waals surface area (Å²) in [5, 5.41) is 7.22. The Morgan fingerprint density at radius 1 is 1.40 bits per heavy atom. The second-order valence-electron chi connectivity index (χ2n) is 5.88. The molecule has 9 heteroatoms. The SMILES string of the molecule is NC(=O)O[C@H](c1nc2cccc(Cl)c2c(=O)n1-c1ccn[nH]1)C1CC1. The lowest BCUT2D eigenvalue weighted by molar-refractivity contribution is 0.0865. The van der Waals surface area contributed by atoms with E-state index in [1.807, 2.05) is 0 Å². The topological polar surface area (TPSA) is 116 Å². The molecule has 3 aromatic rings. The van der Waals surface area contributed by atoms with Crippen molar-refractivity contribution in [3.63, 3.8) is 0 Å². The van der Waals surface area contributed by atoms with Gasteiger partial charge in [0.1, 0.15) is 5.82 Å². The zero-order valence-corrected chi connectivity index (χ0v) is 13.7. The van der Waals surface area contributed by atoms with Gasteiger partial charge in [0.05, 0.1) is 22.1 Å². The van der Waals surface area contributed by atoms with Crippen LogP contribution in [-0.4, -0.2) is 25.8 Å². The Balaban J connectivity index is 2.03. The maximum atomic E-state index is 13.1. The molecule has 1 aliphatic carbocycles. The molecule has 2 heterocycles. The summed E-state index contributed by atoms with van der Waals surface area (Å²) >= 11 is 6.20. The van der Waals surface area contributed by atoms with Crippen LogP contribution in [0.2, 0.25) is 5.02 Å². The standard InChI is InChI=1S/C16H14ClN5O3/c17-9-2-1-3-10-12(9)15(23)22(11-6-7-19-21-11)14(20-10)13(8-4-5-8)25-16(18)24/h1-3,6-8,13H,4-5H2,(H2,18,24)(H,19,21)/t13-/m0/s1. The third-order valence-corrected chi connectivity index (χ3v) is 4.46. The van der Waals surface area contributed by atoms with Gasteiger partial charge in [-0.1, -0.05) is 17.7 Å². The number of nitrogens with two attached hydrogens (primary N) is 1. The number of rotatable bonds is 4. The second kappa shape index (κ2) is 5.89. The van der Waals surface area contributed by atoms with E-state index < -0.39 is 12.2 Å². The number of H-pyrrole nitrogens is 1. The summed E-state index contributed by atoms with van der Waals surface area (Å²) < 4.78 is 6.62. The molecular formula is C16H14ClN5O3. The van der Waals surface area contributed by atoms with Crippen LogP contribution in [0, 0.1) is 5.92 Å². The van der Waals surface area contributed by atoms with E-state index in [0.29, 0.717) is 22.2 Å². The van der Waals surface area contributed by atoms with Gasteiger partial charge in [-0.2, -0.15) is 5.10 Å². The quantitative estimate of drug-likeness (QED) is 0.741. The first-order valence-electron chi connectivity index (χ1n) is 7.73. The molecule has 1 amide bonds. The van der Waals surface area contributed by atoms with E-state index in [0.717, 1.165) is 12.8 Å². The fraction of sp³-hybridized carbons (Fsp3) is 0.250. The molecule has 0 unspecified atom stereocenters. The van der Waals surface area contributed by atoms with Gasteiger partial charge >= 0.3 is 6.09 Å². The maximum Gasteiger partial charge on any atom is 0.405 e. The van der Waals surface area contributed by atoms with Crippen LogP contribution in [0.1, 0.15) is 24.8 Å². The van der Waals surface area contributed by atoms with Crippen molar-refractivity contribution in [2.24, 2.45) is 11.7 Å². The summed E-state index contributed by atoms with van der Waals surface area (Å²) in [4.78, 5) is 29.0. The third-order valence-electron chi connectivity index (χ3n) is 4.15. The Bertz CT molecular complexity index is 1010. The van der Waals surface area contributed by atoms with Crippen LogP contribution < -0.4 is 11.3 Å². The van der Waals surface area contributed by atoms with Crippen molar-refractivity contribution in [3.05, 3.63) is 51.7 Å². The number of hydrogen-bond donors (Lipinski definition) is 2. The zero-order chi connectivity index (χ0) is 17.6. The van der Waals surface area contributed by atoms with Crippen LogP contribution in [0.5, 0.6) is 0 Å². The average Bonchev–Trinajstić information content (AvgIpc) is 3.27. The van der Waals surface area contributed by atoms with E-state index in [1.165, 1.54) is 10.8 Å². The maximum absolute atomic E-state index is 13.1. The molecule has 0 aliphatic heterocycles. The molecule has 1 saturated carbocycles. The predicted octanol–water partition coefficient (Wildman–Crippen LogP) is 2.31. The van der Waals surface area contributed by atoms with E-state index in [2.05, 4.69) is 15.2 Å². The molecular weight excluding hydrogens is 346 g/mol. The number of primary amides is 1. The monoisotopic (exact) mass is 359 g/mol. The number of halogens is 1. The van der Waals surface area contributed by atoms with Crippen molar-refractivity contribution in [2.45, 2.75) is 18.9 Å². The van der Waals surface area contributed by atoms with E-state index >= 15 is 0 Å². The number of hydrogen-bond acceptors (Lipinski definition) is 5. The Morgan fingerprint density at radius 3 is 2.84 bits per heavy atom. The summed E-state index contributed by atoms with van der Waals surface area (Å²) in [5.41, 5.74) is 5.29. The van der Waals surface area contributed by atoms with Crippen LogP contribution in [0.4, 0.5) is 4.79 Å². The highest BCUT2D eigenvalue weighted by Crippen LogP contribution is 2.43. The number of amides is 1. The van der Waals surface area contributed by atoms with Gasteiger partial charge in [-0.25, -0.2) is 14.3 Å². The van der Waals surface area contributed by atoms with Gasteiger partial charge in [-0.05, 0) is 25.0 Å². The van der Waals surface area contributed by atoms with Crippen molar-refractivity contribution >= 4 is 28.6 Å². The molecule has 0 saturated heterocycles. The molecule has 0 radical (unpaired) electrons. The van der Waals surface area contributed by atoms with Crippen molar-refractivity contribution in [1.29, 1.82) is 0 Å². The summed E-state index contributed by atoms with van der Waals surface area (Å²) in [5.74, 6) is 0.781. The van der Waals surface area contributed by atoms with Gasteiger partial charge in [0.25, 0.3) is 5.56 Å². The predicted molar refractivity (Wildman–Crippen MR) is 90.6 cm³/mol. The molecule has 0 bridgehead atoms. The Labute approximate surface area is 146 Å². The first-order valence-corrected chi connectivity index (χ1v) is 8.11. The van der Waals surface area contributed by atoms with Crippen molar-refractivity contribution < 1.29 is 9.53 Å². The highest BCUT2D eigenvalue weighted by Gasteiger charge is 2.38. The summed E-state index contributed by atoms with van der Waals surface area (Å²) in [6.07, 6.45) is 1.63. The minimum atomic E-state index is -0.909. The number of benzene rings is 1. The molecule has 25 heavy (non-hydrogen) atoms. The first-order chi connectivity index (χ1) is 12.1. The number of carbonyl (C=O) groups excluding carboxylic acids is 1. The number of nitrogens with zero attached hydrogens (tertiary/aromatic N) is 3. The Morgan fingerprint density at radius 2 is 2.20 bits per heavy atom. The molecule has 128 valence electrons. The van der Waals surface area contributed by atoms with Crippen LogP contribution in [0.3, 0.4) is 0 Å². The number of aromatic nitrogens is 4. The normalized spacial score (nSPS) is 15.2. The molecule has 4 rings (SSSR count). The van der Waals surface area contributed by atoms with Crippen molar-refractivity contribution in [1.82, 2.24) is 19.7 Å². The zero-order valence-electron chi connectivity index (χ0n) is 13.0. The molecule has 2 aromatic heterocycles. The minimum Gasteiger partial charge on any atom is -0.438 e. The fourth-order valence-corrected chi connectivity index (χ4v) is 3.14. The van der Waals surface area contributed by atoms with Gasteiger partial charge in [-0.15, -0.1) is 0 Å². The molecule has 3 N–H and O–H groups in total. The van der Waals surface area contributed by atoms with Crippen LogP contribution in [0.25, 0.3) is 16.7 Å². The number of nitrogens with one attached hydrogen (secondary N) is 1. The van der Waals surface area contributed by atoms with Crippen LogP contribution in [-0.2, 0) is 4.74 Å². The van der Waals surface area contributed by atoms with Gasteiger partial charge in [0.2, 0.25) is 0 Å². The largest absolute Gasteiger partial charge is 0.438 e. The first kappa shape index (κ1) is 15.6. The lowest BCUT2D eigenvalue weighted by Gasteiger charge is -2.20. The number of aromatic amines is 1. The summed E-state index contributed by atoms with van der Waals surface area (Å²) in [6.45, 7) is 0. The number of carbonyl (C=O) groups is 1. The van der Waals surface area contributed by atoms with Gasteiger partial charge in [0, 0.05) is 12.0 Å². The number of fused-ring (bicyclic) bond motifs is 1. The van der Waals surface area contributed by atoms with Crippen molar-refractivity contribution in [2.75, 3.05) is 0 Å². The summed E-state index contributed by atoms with van der Waals surface area (Å²) in [7, 11) is 0. The van der Waals surface area contributed by atoms with E-state index in [1.54, 1.807) is 24.3 Å². The third kappa shape index (κ3) is 2.74. The smallest absolute Gasteiger partial charge is 0.405 e. The molecule has 0 spiro atoms. The molecule has 1 fully saturated rings. The minimum absolute atomic E-state index is 0.0743. The number of ether oxygens (including phenoxy) is 1. The Kier molecular flexibility index (Phi) is 3.69. The van der Waals surface area contributed by atoms with Gasteiger partial charge in [-0.3, -0.25) is 9.89 Å². The van der Waals surface area contributed by atoms with Crippen LogP contribution >= 0.6 is 11.6 Å². The van der Waals surface area contributed by atoms with Gasteiger partial charge in [0.15, 0.2) is 11.9 Å². The van der Waals surface area contributed by atoms with Crippen LogP contribution in [0.15, 0.2) is 35.3 Å². The molecule has 1 aliphatic rings. The van der Waals surface area contributed by atoms with E-state index in [9.17, 15) is 9.59 Å². The summed E-state index contributed by atoms with van der Waals surface area (Å²) in [6, 6.07) is 6.66. The highest BCUT2D eigenvalue weighted by atomic mass is 35.5. The highest BCUT2D eigenvalue weighted by molar-refractivity contribution is 6.35. The Hall–Kier alpha value is -2.87. The lowest BCUT2D eigenvalue weighted by atomic mass is 10.1. The van der Waals surface area contributed by atoms with Crippen molar-refractivity contribution in [3.8, 4) is 5.82 Å². The van der Waals surface area contributed by atoms with Gasteiger partial charge < -0.3 is 10.5 Å². The average molecular weight is 360 g/mol. The molecule has 1 atom stereocenters. The lowest BCUT2D eigenvalue weighted by Crippen LogP contribution is -2.29. The molecule has 1 aromatic carbocycles. The van der Waals surface area contributed by atoms with E-state index in [4.69, 9.17) is 22.1 Å².